The van der Waals surface area contributed by atoms with Crippen LogP contribution in [0.1, 0.15) is 16.9 Å². The van der Waals surface area contributed by atoms with Gasteiger partial charge in [-0.15, -0.1) is 0 Å². The van der Waals surface area contributed by atoms with E-state index in [-0.39, 0.29) is 28.3 Å². The number of carbonyl (C=O) groups excluding carboxylic acids is 1. The van der Waals surface area contributed by atoms with Gasteiger partial charge in [-0.3, -0.25) is 4.79 Å². The van der Waals surface area contributed by atoms with Crippen LogP contribution in [-0.4, -0.2) is 46.1 Å². The van der Waals surface area contributed by atoms with Crippen LogP contribution in [0.25, 0.3) is 0 Å². The summed E-state index contributed by atoms with van der Waals surface area (Å²) in [5.74, 6) is -2.54. The van der Waals surface area contributed by atoms with Gasteiger partial charge in [0.25, 0.3) is 5.91 Å². The number of H-pyrrole nitrogens is 1. The van der Waals surface area contributed by atoms with Crippen molar-refractivity contribution in [3.63, 3.8) is 0 Å². The Morgan fingerprint density at radius 1 is 1.53 bits per heavy atom. The molecule has 1 aromatic rings. The number of alkyl halides is 1. The number of hydrogen-bond acceptors (Lipinski definition) is 2. The summed E-state index contributed by atoms with van der Waals surface area (Å²) in [4.78, 5) is 26.6. The number of carboxylic acid groups (broad SMARTS) is 1. The number of aromatic nitrogens is 1. The fraction of sp³-hybridized carbons (Fsp3) is 0.455. The topological polar surface area (TPSA) is 73.4 Å². The van der Waals surface area contributed by atoms with Crippen molar-refractivity contribution in [2.75, 3.05) is 13.1 Å². The number of carbonyl (C=O) groups is 2. The summed E-state index contributed by atoms with van der Waals surface area (Å²) in [6.45, 7) is 0.381. The molecule has 0 bridgehead atoms. The van der Waals surface area contributed by atoms with Crippen LogP contribution in [0.4, 0.5) is 4.39 Å². The maximum atomic E-state index is 13.4. The largest absolute Gasteiger partial charge is 0.479 e. The second-order valence-corrected chi connectivity index (χ2v) is 5.17. The van der Waals surface area contributed by atoms with Gasteiger partial charge in [-0.2, -0.15) is 0 Å². The molecule has 1 saturated heterocycles. The van der Waals surface area contributed by atoms with Crippen LogP contribution in [0.5, 0.6) is 0 Å². The Labute approximate surface area is 118 Å². The molecular weight excluding hydrogens is 298 g/mol. The van der Waals surface area contributed by atoms with Crippen LogP contribution in [-0.2, 0) is 4.79 Å². The van der Waals surface area contributed by atoms with E-state index in [1.165, 1.54) is 11.0 Å². The average Bonchev–Trinajstić information content (AvgIpc) is 2.95. The number of halogens is 3. The molecule has 1 aliphatic rings. The van der Waals surface area contributed by atoms with Gasteiger partial charge in [0.1, 0.15) is 10.8 Å². The summed E-state index contributed by atoms with van der Waals surface area (Å²) in [5, 5.41) is 9.00. The Hall–Kier alpha value is -1.27. The summed E-state index contributed by atoms with van der Waals surface area (Å²) in [5.41, 5.74) is 0.210. The predicted octanol–water partition coefficient (Wildman–Crippen LogP) is 2.21. The molecule has 1 fully saturated rings. The average molecular weight is 309 g/mol. The highest BCUT2D eigenvalue weighted by Gasteiger charge is 2.36. The van der Waals surface area contributed by atoms with Gasteiger partial charge in [0, 0.05) is 19.0 Å². The molecule has 2 atom stereocenters. The molecule has 0 spiro atoms. The van der Waals surface area contributed by atoms with E-state index in [4.69, 9.17) is 28.3 Å². The number of aromatic amines is 1. The van der Waals surface area contributed by atoms with Crippen LogP contribution >= 0.6 is 23.2 Å². The first-order chi connectivity index (χ1) is 8.90. The highest BCUT2D eigenvalue weighted by atomic mass is 35.5. The first-order valence-corrected chi connectivity index (χ1v) is 6.36. The minimum absolute atomic E-state index is 0.0700. The molecule has 1 aromatic heterocycles. The molecule has 1 amide bonds. The first kappa shape index (κ1) is 14.1. The third kappa shape index (κ3) is 2.84. The van der Waals surface area contributed by atoms with Crippen molar-refractivity contribution in [2.24, 2.45) is 5.92 Å². The van der Waals surface area contributed by atoms with Crippen molar-refractivity contribution in [1.29, 1.82) is 0 Å². The Morgan fingerprint density at radius 2 is 2.21 bits per heavy atom. The molecule has 2 heterocycles. The fourth-order valence-electron chi connectivity index (χ4n) is 2.10. The summed E-state index contributed by atoms with van der Waals surface area (Å²) in [6.07, 6.45) is -1.63. The zero-order valence-corrected chi connectivity index (χ0v) is 11.2. The Balaban J connectivity index is 2.04. The number of nitrogens with one attached hydrogen (secondary N) is 1. The van der Waals surface area contributed by atoms with Crippen LogP contribution in [0.15, 0.2) is 6.07 Å². The van der Waals surface area contributed by atoms with Gasteiger partial charge < -0.3 is 15.0 Å². The van der Waals surface area contributed by atoms with Crippen LogP contribution in [0.2, 0.25) is 10.2 Å². The molecule has 2 rings (SSSR count). The van der Waals surface area contributed by atoms with Gasteiger partial charge in [-0.1, -0.05) is 23.2 Å². The lowest BCUT2D eigenvalue weighted by molar-refractivity contribution is -0.144. The van der Waals surface area contributed by atoms with Crippen molar-refractivity contribution < 1.29 is 19.1 Å². The maximum absolute atomic E-state index is 13.4. The first-order valence-electron chi connectivity index (χ1n) is 5.60. The van der Waals surface area contributed by atoms with Gasteiger partial charge in [-0.05, 0) is 12.5 Å². The number of rotatable bonds is 3. The van der Waals surface area contributed by atoms with E-state index in [1.54, 1.807) is 0 Å². The smallest absolute Gasteiger partial charge is 0.338 e. The number of likely N-dealkylation sites (tertiary alicyclic amines) is 1. The van der Waals surface area contributed by atoms with Gasteiger partial charge in [0.15, 0.2) is 0 Å². The van der Waals surface area contributed by atoms with Crippen molar-refractivity contribution in [3.05, 3.63) is 21.9 Å². The van der Waals surface area contributed by atoms with E-state index >= 15 is 0 Å². The third-order valence-corrected chi connectivity index (χ3v) is 3.81. The number of carboxylic acids is 1. The van der Waals surface area contributed by atoms with Crippen LogP contribution in [0, 0.1) is 5.92 Å². The molecule has 104 valence electrons. The van der Waals surface area contributed by atoms with Crippen molar-refractivity contribution >= 4 is 35.1 Å². The monoisotopic (exact) mass is 308 g/mol. The maximum Gasteiger partial charge on any atom is 0.338 e. The highest BCUT2D eigenvalue weighted by molar-refractivity contribution is 6.41. The minimum atomic E-state index is -1.95. The molecule has 5 nitrogen and oxygen atoms in total. The number of nitrogens with zero attached hydrogens (tertiary/aromatic N) is 1. The molecule has 2 N–H and O–H groups in total. The van der Waals surface area contributed by atoms with Crippen molar-refractivity contribution in [1.82, 2.24) is 9.88 Å². The quantitative estimate of drug-likeness (QED) is 0.899. The van der Waals surface area contributed by atoms with E-state index in [1.807, 2.05) is 0 Å². The highest BCUT2D eigenvalue weighted by Crippen LogP contribution is 2.26. The molecule has 2 unspecified atom stereocenters. The lowest BCUT2D eigenvalue weighted by atomic mass is 10.0. The SMILES string of the molecule is O=C(O)C(F)C1CCN(C(=O)c2cc(Cl)c(Cl)[nH]2)C1. The Kier molecular flexibility index (Phi) is 4.01. The summed E-state index contributed by atoms with van der Waals surface area (Å²) < 4.78 is 13.4. The summed E-state index contributed by atoms with van der Waals surface area (Å²) in [7, 11) is 0. The van der Waals surface area contributed by atoms with Gasteiger partial charge in [0.2, 0.25) is 6.17 Å². The van der Waals surface area contributed by atoms with E-state index in [9.17, 15) is 14.0 Å². The Morgan fingerprint density at radius 3 is 2.74 bits per heavy atom. The fourth-order valence-corrected chi connectivity index (χ4v) is 2.41. The standard InChI is InChI=1S/C11H11Cl2FN2O3/c12-6-3-7(15-9(6)13)10(17)16-2-1-5(4-16)8(14)11(18)19/h3,5,8,15H,1-2,4H2,(H,18,19). The molecule has 19 heavy (non-hydrogen) atoms. The summed E-state index contributed by atoms with van der Waals surface area (Å²) >= 11 is 11.4. The van der Waals surface area contributed by atoms with Gasteiger partial charge >= 0.3 is 5.97 Å². The minimum Gasteiger partial charge on any atom is -0.479 e. The molecule has 0 radical (unpaired) electrons. The van der Waals surface area contributed by atoms with Crippen molar-refractivity contribution in [3.8, 4) is 0 Å². The molecule has 0 aliphatic carbocycles. The van der Waals surface area contributed by atoms with Crippen LogP contribution < -0.4 is 0 Å². The van der Waals surface area contributed by atoms with E-state index in [0.717, 1.165) is 0 Å². The number of amides is 1. The predicted molar refractivity (Wildman–Crippen MR) is 67.4 cm³/mol. The molecule has 1 aliphatic heterocycles. The van der Waals surface area contributed by atoms with Gasteiger partial charge in [0.05, 0.1) is 5.02 Å². The van der Waals surface area contributed by atoms with E-state index in [2.05, 4.69) is 4.98 Å². The molecule has 8 heteroatoms. The van der Waals surface area contributed by atoms with Crippen LogP contribution in [0.3, 0.4) is 0 Å². The second kappa shape index (κ2) is 5.38. The number of aliphatic carboxylic acids is 1. The zero-order valence-electron chi connectivity index (χ0n) is 9.70. The molecule has 0 aromatic carbocycles. The van der Waals surface area contributed by atoms with Gasteiger partial charge in [-0.25, -0.2) is 9.18 Å². The number of hydrogen-bond donors (Lipinski definition) is 2. The molecule has 0 saturated carbocycles. The van der Waals surface area contributed by atoms with E-state index in [0.29, 0.717) is 13.0 Å². The lowest BCUT2D eigenvalue weighted by Gasteiger charge is -2.16. The zero-order chi connectivity index (χ0) is 14.2. The molecular formula is C11H11Cl2FN2O3. The second-order valence-electron chi connectivity index (χ2n) is 4.38. The van der Waals surface area contributed by atoms with Crippen molar-refractivity contribution in [2.45, 2.75) is 12.6 Å². The van der Waals surface area contributed by atoms with E-state index < -0.39 is 18.1 Å². The Bertz CT molecular complexity index is 501. The summed E-state index contributed by atoms with van der Waals surface area (Å²) in [6, 6.07) is 1.39. The normalized spacial score (nSPS) is 20.6. The lowest BCUT2D eigenvalue weighted by Crippen LogP contribution is -2.32. The third-order valence-electron chi connectivity index (χ3n) is 3.12.